The van der Waals surface area contributed by atoms with Crippen molar-refractivity contribution in [3.05, 3.63) is 50.1 Å². The molecule has 0 aliphatic rings. The Kier molecular flexibility index (Phi) is 6.25. The predicted octanol–water partition coefficient (Wildman–Crippen LogP) is 4.91. The lowest BCUT2D eigenvalue weighted by molar-refractivity contribution is -0.135. The van der Waals surface area contributed by atoms with Crippen molar-refractivity contribution in [1.82, 2.24) is 0 Å². The monoisotopic (exact) mass is 385 g/mol. The third-order valence-electron chi connectivity index (χ3n) is 2.99. The van der Waals surface area contributed by atoms with E-state index in [0.29, 0.717) is 15.8 Å². The molecule has 8 heteroatoms. The van der Waals surface area contributed by atoms with Crippen molar-refractivity contribution >= 4 is 58.2 Å². The Labute approximate surface area is 152 Å². The quantitative estimate of drug-likeness (QED) is 0.343. The lowest BCUT2D eigenvalue weighted by atomic mass is 10.1. The number of aliphatic imine (C=N–C) groups is 1. The molecule has 0 saturated heterocycles. The van der Waals surface area contributed by atoms with E-state index in [2.05, 4.69) is 9.73 Å². The summed E-state index contributed by atoms with van der Waals surface area (Å²) >= 11 is 13.0. The molecular weight excluding hydrogens is 373 g/mol. The molecule has 0 radical (unpaired) electrons. The molecule has 0 amide bonds. The number of rotatable bonds is 5. The standard InChI is InChI=1S/C16H13Cl2NO4S/c1-22-10-5-3-9(4-6-10)19-8-12(16(21)23-2)14(20)11-7-13(17)24-15(11)18/h3-8,20H,1-2H3/b14-12+,19-8?. The van der Waals surface area contributed by atoms with Crippen LogP contribution in [0.2, 0.25) is 8.67 Å². The van der Waals surface area contributed by atoms with Gasteiger partial charge in [-0.2, -0.15) is 0 Å². The van der Waals surface area contributed by atoms with Gasteiger partial charge in [0, 0.05) is 11.8 Å². The normalized spacial score (nSPS) is 12.2. The van der Waals surface area contributed by atoms with Crippen LogP contribution in [0.4, 0.5) is 5.69 Å². The number of ether oxygens (including phenoxy) is 2. The molecule has 1 aromatic carbocycles. The lowest BCUT2D eigenvalue weighted by Gasteiger charge is -2.05. The van der Waals surface area contributed by atoms with Gasteiger partial charge in [0.25, 0.3) is 0 Å². The molecule has 0 aliphatic heterocycles. The van der Waals surface area contributed by atoms with Crippen molar-refractivity contribution in [2.45, 2.75) is 0 Å². The van der Waals surface area contributed by atoms with Gasteiger partial charge in [-0.1, -0.05) is 23.2 Å². The third kappa shape index (κ3) is 4.29. The van der Waals surface area contributed by atoms with Crippen LogP contribution in [0, 0.1) is 0 Å². The zero-order valence-electron chi connectivity index (χ0n) is 12.7. The molecule has 1 N–H and O–H groups in total. The van der Waals surface area contributed by atoms with Crippen molar-refractivity contribution in [3.63, 3.8) is 0 Å². The molecule has 0 fully saturated rings. The van der Waals surface area contributed by atoms with Crippen LogP contribution < -0.4 is 4.74 Å². The number of halogens is 2. The summed E-state index contributed by atoms with van der Waals surface area (Å²) in [7, 11) is 2.77. The Hall–Kier alpha value is -2.02. The van der Waals surface area contributed by atoms with Gasteiger partial charge >= 0.3 is 5.97 Å². The number of nitrogens with zero attached hydrogens (tertiary/aromatic N) is 1. The Bertz CT molecular complexity index is 797. The van der Waals surface area contributed by atoms with E-state index >= 15 is 0 Å². The van der Waals surface area contributed by atoms with E-state index in [4.69, 9.17) is 27.9 Å². The van der Waals surface area contributed by atoms with Gasteiger partial charge in [-0.05, 0) is 30.3 Å². The first kappa shape index (κ1) is 18.3. The smallest absolute Gasteiger partial charge is 0.343 e. The number of hydrogen-bond donors (Lipinski definition) is 1. The van der Waals surface area contributed by atoms with Crippen molar-refractivity contribution in [1.29, 1.82) is 0 Å². The number of benzene rings is 1. The summed E-state index contributed by atoms with van der Waals surface area (Å²) in [5.74, 6) is -0.421. The van der Waals surface area contributed by atoms with Gasteiger partial charge in [0.15, 0.2) is 0 Å². The zero-order chi connectivity index (χ0) is 17.7. The number of aliphatic hydroxyl groups is 1. The highest BCUT2D eigenvalue weighted by Crippen LogP contribution is 2.35. The highest BCUT2D eigenvalue weighted by Gasteiger charge is 2.19. The number of aliphatic hydroxyl groups excluding tert-OH is 1. The Balaban J connectivity index is 2.41. The molecule has 1 heterocycles. The van der Waals surface area contributed by atoms with Crippen molar-refractivity contribution in [2.24, 2.45) is 4.99 Å². The van der Waals surface area contributed by atoms with Gasteiger partial charge < -0.3 is 14.6 Å². The molecule has 0 atom stereocenters. The van der Waals surface area contributed by atoms with Crippen molar-refractivity contribution in [3.8, 4) is 5.75 Å². The summed E-state index contributed by atoms with van der Waals surface area (Å²) in [6.45, 7) is 0. The molecular formula is C16H13Cl2NO4S. The average Bonchev–Trinajstić information content (AvgIpc) is 2.93. The van der Waals surface area contributed by atoms with E-state index in [1.165, 1.54) is 19.4 Å². The van der Waals surface area contributed by atoms with Crippen LogP contribution in [0.15, 0.2) is 40.9 Å². The van der Waals surface area contributed by atoms with E-state index < -0.39 is 5.97 Å². The van der Waals surface area contributed by atoms with Gasteiger partial charge in [0.2, 0.25) is 0 Å². The second-order valence-electron chi connectivity index (χ2n) is 4.45. The molecule has 0 unspecified atom stereocenters. The number of thiophene rings is 1. The second-order valence-corrected chi connectivity index (χ2v) is 6.73. The van der Waals surface area contributed by atoms with Gasteiger partial charge in [-0.15, -0.1) is 11.3 Å². The summed E-state index contributed by atoms with van der Waals surface area (Å²) in [5, 5.41) is 10.4. The number of hydrogen-bond acceptors (Lipinski definition) is 6. The highest BCUT2D eigenvalue weighted by molar-refractivity contribution is 7.20. The first-order chi connectivity index (χ1) is 11.5. The maximum atomic E-state index is 11.9. The number of carbonyl (C=O) groups is 1. The Morgan fingerprint density at radius 1 is 1.25 bits per heavy atom. The van der Waals surface area contributed by atoms with Crippen LogP contribution in [0.1, 0.15) is 5.56 Å². The van der Waals surface area contributed by atoms with Gasteiger partial charge in [0.05, 0.1) is 24.2 Å². The molecule has 24 heavy (non-hydrogen) atoms. The molecule has 5 nitrogen and oxygen atoms in total. The lowest BCUT2D eigenvalue weighted by Crippen LogP contribution is -2.08. The Morgan fingerprint density at radius 3 is 2.42 bits per heavy atom. The topological polar surface area (TPSA) is 68.1 Å². The van der Waals surface area contributed by atoms with Gasteiger partial charge in [0.1, 0.15) is 21.4 Å². The fourth-order valence-corrected chi connectivity index (χ4v) is 3.24. The molecule has 0 saturated carbocycles. The number of esters is 1. The minimum absolute atomic E-state index is 0.135. The van der Waals surface area contributed by atoms with E-state index in [0.717, 1.165) is 11.3 Å². The van der Waals surface area contributed by atoms with Crippen molar-refractivity contribution in [2.75, 3.05) is 14.2 Å². The maximum Gasteiger partial charge on any atom is 0.343 e. The maximum absolute atomic E-state index is 11.9. The van der Waals surface area contributed by atoms with Gasteiger partial charge in [-0.25, -0.2) is 4.79 Å². The second kappa shape index (κ2) is 8.19. The molecule has 0 spiro atoms. The predicted molar refractivity (Wildman–Crippen MR) is 97.0 cm³/mol. The minimum Gasteiger partial charge on any atom is -0.506 e. The minimum atomic E-state index is -0.747. The summed E-state index contributed by atoms with van der Waals surface area (Å²) in [6.07, 6.45) is 1.21. The molecule has 0 bridgehead atoms. The Morgan fingerprint density at radius 2 is 1.92 bits per heavy atom. The highest BCUT2D eigenvalue weighted by atomic mass is 35.5. The first-order valence-electron chi connectivity index (χ1n) is 6.61. The van der Waals surface area contributed by atoms with E-state index in [1.807, 2.05) is 0 Å². The summed E-state index contributed by atoms with van der Waals surface area (Å²) in [6, 6.07) is 8.33. The summed E-state index contributed by atoms with van der Waals surface area (Å²) in [5.41, 5.74) is 0.678. The molecule has 0 aliphatic carbocycles. The van der Waals surface area contributed by atoms with Crippen LogP contribution >= 0.6 is 34.5 Å². The summed E-state index contributed by atoms with van der Waals surface area (Å²) in [4.78, 5) is 16.1. The first-order valence-corrected chi connectivity index (χ1v) is 8.18. The SMILES string of the molecule is COC(=O)/C(C=Nc1ccc(OC)cc1)=C(/O)c1cc(Cl)sc1Cl. The largest absolute Gasteiger partial charge is 0.506 e. The van der Waals surface area contributed by atoms with Gasteiger partial charge in [-0.3, -0.25) is 4.99 Å². The van der Waals surface area contributed by atoms with Crippen LogP contribution in [0.25, 0.3) is 5.76 Å². The number of carbonyl (C=O) groups excluding carboxylic acids is 1. The van der Waals surface area contributed by atoms with Crippen LogP contribution in [0.3, 0.4) is 0 Å². The molecule has 1 aromatic heterocycles. The zero-order valence-corrected chi connectivity index (χ0v) is 15.1. The molecule has 2 aromatic rings. The molecule has 126 valence electrons. The van der Waals surface area contributed by atoms with Crippen LogP contribution in [-0.4, -0.2) is 31.5 Å². The van der Waals surface area contributed by atoms with E-state index in [-0.39, 0.29) is 21.2 Å². The van der Waals surface area contributed by atoms with Crippen LogP contribution in [-0.2, 0) is 9.53 Å². The van der Waals surface area contributed by atoms with Crippen LogP contribution in [0.5, 0.6) is 5.75 Å². The van der Waals surface area contributed by atoms with E-state index in [1.54, 1.807) is 31.4 Å². The third-order valence-corrected chi connectivity index (χ3v) is 4.47. The molecule has 2 rings (SSSR count). The van der Waals surface area contributed by atoms with Crippen molar-refractivity contribution < 1.29 is 19.4 Å². The fourth-order valence-electron chi connectivity index (χ4n) is 1.77. The number of methoxy groups -OCH3 is 2. The fraction of sp³-hybridized carbons (Fsp3) is 0.125. The van der Waals surface area contributed by atoms with E-state index in [9.17, 15) is 9.90 Å². The summed E-state index contributed by atoms with van der Waals surface area (Å²) < 4.78 is 10.4. The average molecular weight is 386 g/mol.